The van der Waals surface area contributed by atoms with Gasteiger partial charge in [-0.3, -0.25) is 4.79 Å². The average Bonchev–Trinajstić information content (AvgIpc) is 2.70. The Bertz CT molecular complexity index is 599. The standard InChI is InChI=1S/C15H21N3O/c1-10(2)18-11(3)17-13-9-12(5-6-14(13)18)15(19)7-8-16-4/h5-6,9-10,16H,7-8H2,1-4H3. The van der Waals surface area contributed by atoms with E-state index in [0.717, 1.165) is 22.4 Å². The van der Waals surface area contributed by atoms with Crippen LogP contribution < -0.4 is 5.32 Å². The third kappa shape index (κ3) is 2.68. The van der Waals surface area contributed by atoms with E-state index in [1.54, 1.807) is 0 Å². The number of rotatable bonds is 5. The Balaban J connectivity index is 2.39. The van der Waals surface area contributed by atoms with Crippen LogP contribution in [-0.4, -0.2) is 28.9 Å². The van der Waals surface area contributed by atoms with Crippen molar-refractivity contribution in [3.8, 4) is 0 Å². The monoisotopic (exact) mass is 259 g/mol. The second kappa shape index (κ2) is 5.53. The maximum atomic E-state index is 12.0. The Kier molecular flexibility index (Phi) is 4.00. The Morgan fingerprint density at radius 2 is 2.16 bits per heavy atom. The first-order valence-corrected chi connectivity index (χ1v) is 6.71. The highest BCUT2D eigenvalue weighted by Crippen LogP contribution is 2.22. The second-order valence-corrected chi connectivity index (χ2v) is 5.10. The van der Waals surface area contributed by atoms with Gasteiger partial charge in [0.25, 0.3) is 0 Å². The van der Waals surface area contributed by atoms with Crippen molar-refractivity contribution in [2.45, 2.75) is 33.2 Å². The van der Waals surface area contributed by atoms with E-state index in [-0.39, 0.29) is 5.78 Å². The van der Waals surface area contributed by atoms with Crippen LogP contribution in [0.25, 0.3) is 11.0 Å². The lowest BCUT2D eigenvalue weighted by Gasteiger charge is -2.10. The molecular formula is C15H21N3O. The molecule has 0 aliphatic heterocycles. The number of carbonyl (C=O) groups is 1. The molecule has 4 heteroatoms. The molecule has 102 valence electrons. The first kappa shape index (κ1) is 13.7. The summed E-state index contributed by atoms with van der Waals surface area (Å²) in [7, 11) is 1.85. The lowest BCUT2D eigenvalue weighted by molar-refractivity contribution is 0.0983. The minimum Gasteiger partial charge on any atom is -0.326 e. The highest BCUT2D eigenvalue weighted by molar-refractivity contribution is 5.99. The van der Waals surface area contributed by atoms with Gasteiger partial charge in [0.15, 0.2) is 5.78 Å². The molecule has 1 N–H and O–H groups in total. The van der Waals surface area contributed by atoms with Gasteiger partial charge in [-0.05, 0) is 46.0 Å². The quantitative estimate of drug-likeness (QED) is 0.840. The Morgan fingerprint density at radius 1 is 1.42 bits per heavy atom. The maximum Gasteiger partial charge on any atom is 0.164 e. The predicted molar refractivity (Wildman–Crippen MR) is 77.7 cm³/mol. The van der Waals surface area contributed by atoms with Gasteiger partial charge >= 0.3 is 0 Å². The average molecular weight is 259 g/mol. The van der Waals surface area contributed by atoms with Crippen LogP contribution in [-0.2, 0) is 0 Å². The molecule has 0 saturated heterocycles. The number of ketones is 1. The molecule has 19 heavy (non-hydrogen) atoms. The molecule has 0 saturated carbocycles. The molecule has 4 nitrogen and oxygen atoms in total. The van der Waals surface area contributed by atoms with E-state index >= 15 is 0 Å². The molecule has 1 aromatic carbocycles. The number of carbonyl (C=O) groups excluding carboxylic acids is 1. The van der Waals surface area contributed by atoms with Gasteiger partial charge in [-0.1, -0.05) is 0 Å². The van der Waals surface area contributed by atoms with Crippen molar-refractivity contribution in [2.75, 3.05) is 13.6 Å². The summed E-state index contributed by atoms with van der Waals surface area (Å²) < 4.78 is 2.19. The number of imidazole rings is 1. The number of nitrogens with zero attached hydrogens (tertiary/aromatic N) is 2. The van der Waals surface area contributed by atoms with Crippen molar-refractivity contribution in [1.82, 2.24) is 14.9 Å². The highest BCUT2D eigenvalue weighted by atomic mass is 16.1. The number of Topliss-reactive ketones (excluding diaryl/α,β-unsaturated/α-hetero) is 1. The molecule has 2 aromatic rings. The summed E-state index contributed by atoms with van der Waals surface area (Å²) in [6, 6.07) is 6.18. The molecule has 0 amide bonds. The fraction of sp³-hybridized carbons (Fsp3) is 0.467. The third-order valence-electron chi connectivity index (χ3n) is 3.31. The van der Waals surface area contributed by atoms with E-state index in [2.05, 4.69) is 28.7 Å². The van der Waals surface area contributed by atoms with Crippen LogP contribution in [0, 0.1) is 6.92 Å². The molecule has 0 atom stereocenters. The molecule has 0 radical (unpaired) electrons. The molecule has 1 aromatic heterocycles. The SMILES string of the molecule is CNCCC(=O)c1ccc2c(c1)nc(C)n2C(C)C. The van der Waals surface area contributed by atoms with E-state index in [0.29, 0.717) is 19.0 Å². The molecule has 1 heterocycles. The van der Waals surface area contributed by atoms with E-state index in [1.807, 2.05) is 32.2 Å². The van der Waals surface area contributed by atoms with Crippen molar-refractivity contribution < 1.29 is 4.79 Å². The lowest BCUT2D eigenvalue weighted by Crippen LogP contribution is -2.13. The van der Waals surface area contributed by atoms with Gasteiger partial charge in [0.1, 0.15) is 5.82 Å². The number of aryl methyl sites for hydroxylation is 1. The van der Waals surface area contributed by atoms with Gasteiger partial charge in [0, 0.05) is 24.6 Å². The molecule has 0 bridgehead atoms. The zero-order valence-corrected chi connectivity index (χ0v) is 12.0. The van der Waals surface area contributed by atoms with Crippen molar-refractivity contribution in [3.63, 3.8) is 0 Å². The minimum absolute atomic E-state index is 0.160. The fourth-order valence-corrected chi connectivity index (χ4v) is 2.43. The fourth-order valence-electron chi connectivity index (χ4n) is 2.43. The van der Waals surface area contributed by atoms with Crippen LogP contribution in [0.5, 0.6) is 0 Å². The molecule has 0 aliphatic rings. The lowest BCUT2D eigenvalue weighted by atomic mass is 10.1. The summed E-state index contributed by atoms with van der Waals surface area (Å²) in [4.78, 5) is 16.6. The third-order valence-corrected chi connectivity index (χ3v) is 3.31. The largest absolute Gasteiger partial charge is 0.326 e. The summed E-state index contributed by atoms with van der Waals surface area (Å²) in [6.45, 7) is 6.99. The Morgan fingerprint density at radius 3 is 2.79 bits per heavy atom. The number of fused-ring (bicyclic) bond motifs is 1. The molecular weight excluding hydrogens is 238 g/mol. The van der Waals surface area contributed by atoms with Gasteiger partial charge in [0.2, 0.25) is 0 Å². The van der Waals surface area contributed by atoms with Crippen LogP contribution in [0.1, 0.15) is 42.5 Å². The zero-order valence-electron chi connectivity index (χ0n) is 12.0. The van der Waals surface area contributed by atoms with Crippen LogP contribution in [0.4, 0.5) is 0 Å². The Hall–Kier alpha value is -1.68. The summed E-state index contributed by atoms with van der Waals surface area (Å²) in [5.41, 5.74) is 2.75. The summed E-state index contributed by atoms with van der Waals surface area (Å²) >= 11 is 0. The van der Waals surface area contributed by atoms with E-state index in [9.17, 15) is 4.79 Å². The van der Waals surface area contributed by atoms with Crippen molar-refractivity contribution in [2.24, 2.45) is 0 Å². The predicted octanol–water partition coefficient (Wildman–Crippen LogP) is 2.72. The van der Waals surface area contributed by atoms with Gasteiger partial charge in [-0.2, -0.15) is 0 Å². The summed E-state index contributed by atoms with van der Waals surface area (Å²) in [5, 5.41) is 2.99. The van der Waals surface area contributed by atoms with Crippen LogP contribution >= 0.6 is 0 Å². The normalized spacial score (nSPS) is 11.4. The first-order valence-electron chi connectivity index (χ1n) is 6.71. The number of nitrogens with one attached hydrogen (secondary N) is 1. The molecule has 0 aliphatic carbocycles. The highest BCUT2D eigenvalue weighted by Gasteiger charge is 2.12. The zero-order chi connectivity index (χ0) is 14.0. The van der Waals surface area contributed by atoms with Crippen LogP contribution in [0.3, 0.4) is 0 Å². The topological polar surface area (TPSA) is 46.9 Å². The minimum atomic E-state index is 0.160. The van der Waals surface area contributed by atoms with E-state index < -0.39 is 0 Å². The van der Waals surface area contributed by atoms with Crippen molar-refractivity contribution in [1.29, 1.82) is 0 Å². The number of hydrogen-bond acceptors (Lipinski definition) is 3. The number of hydrogen-bond donors (Lipinski definition) is 1. The van der Waals surface area contributed by atoms with Gasteiger partial charge in [-0.25, -0.2) is 4.98 Å². The van der Waals surface area contributed by atoms with Crippen molar-refractivity contribution in [3.05, 3.63) is 29.6 Å². The van der Waals surface area contributed by atoms with Crippen LogP contribution in [0.15, 0.2) is 18.2 Å². The smallest absolute Gasteiger partial charge is 0.164 e. The van der Waals surface area contributed by atoms with Gasteiger partial charge < -0.3 is 9.88 Å². The van der Waals surface area contributed by atoms with Crippen LogP contribution in [0.2, 0.25) is 0 Å². The van der Waals surface area contributed by atoms with Gasteiger partial charge in [-0.15, -0.1) is 0 Å². The maximum absolute atomic E-state index is 12.0. The summed E-state index contributed by atoms with van der Waals surface area (Å²) in [5.74, 6) is 1.15. The molecule has 0 unspecified atom stereocenters. The first-order chi connectivity index (χ1) is 9.04. The van der Waals surface area contributed by atoms with E-state index in [4.69, 9.17) is 0 Å². The number of benzene rings is 1. The second-order valence-electron chi connectivity index (χ2n) is 5.10. The van der Waals surface area contributed by atoms with E-state index in [1.165, 1.54) is 0 Å². The number of aromatic nitrogens is 2. The van der Waals surface area contributed by atoms with Crippen molar-refractivity contribution >= 4 is 16.8 Å². The Labute approximate surface area is 113 Å². The van der Waals surface area contributed by atoms with Gasteiger partial charge in [0.05, 0.1) is 11.0 Å². The molecule has 2 rings (SSSR count). The molecule has 0 spiro atoms. The summed E-state index contributed by atoms with van der Waals surface area (Å²) in [6.07, 6.45) is 0.520. The molecule has 0 fully saturated rings.